The monoisotopic (exact) mass is 249 g/mol. The Morgan fingerprint density at radius 2 is 2.00 bits per heavy atom. The van der Waals surface area contributed by atoms with Gasteiger partial charge in [0.1, 0.15) is 5.15 Å². The molecule has 0 saturated carbocycles. The largest absolute Gasteiger partial charge is 0.240 e. The second-order valence-corrected chi connectivity index (χ2v) is 4.99. The molecule has 0 atom stereocenters. The normalized spacial score (nSPS) is 10.4. The zero-order chi connectivity index (χ0) is 11.4. The van der Waals surface area contributed by atoms with Crippen molar-refractivity contribution in [1.29, 1.82) is 0 Å². The summed E-state index contributed by atoms with van der Waals surface area (Å²) in [4.78, 5) is 5.52. The average molecular weight is 250 g/mol. The van der Waals surface area contributed by atoms with E-state index >= 15 is 0 Å². The van der Waals surface area contributed by atoms with E-state index in [0.717, 1.165) is 11.4 Å². The Bertz CT molecular complexity index is 439. The first-order valence-corrected chi connectivity index (χ1v) is 6.41. The number of hydrogen-bond donors (Lipinski definition) is 0. The fraction of sp³-hybridized carbons (Fsp3) is 0.154. The molecule has 2 rings (SSSR count). The van der Waals surface area contributed by atoms with Gasteiger partial charge in [-0.2, -0.15) is 0 Å². The van der Waals surface area contributed by atoms with Gasteiger partial charge in [-0.05, 0) is 31.2 Å². The number of aryl methyl sites for hydroxylation is 1. The molecule has 0 N–H and O–H groups in total. The lowest BCUT2D eigenvalue weighted by molar-refractivity contribution is 1.17. The van der Waals surface area contributed by atoms with Gasteiger partial charge >= 0.3 is 0 Å². The number of nitrogens with zero attached hydrogens (tertiary/aromatic N) is 1. The van der Waals surface area contributed by atoms with E-state index in [-0.39, 0.29) is 0 Å². The van der Waals surface area contributed by atoms with Crippen molar-refractivity contribution in [2.75, 3.05) is 0 Å². The Hall–Kier alpha value is -0.990. The fourth-order valence-electron chi connectivity index (χ4n) is 1.39. The zero-order valence-corrected chi connectivity index (χ0v) is 10.6. The van der Waals surface area contributed by atoms with E-state index in [1.54, 1.807) is 17.8 Å². The van der Waals surface area contributed by atoms with Gasteiger partial charge in [0.2, 0.25) is 0 Å². The molecule has 1 aromatic carbocycles. The molecule has 0 aliphatic rings. The Kier molecular flexibility index (Phi) is 3.86. The first-order chi connectivity index (χ1) is 7.74. The molecule has 1 heterocycles. The SMILES string of the molecule is Cc1cccc(SCc2cccc(Cl)n2)c1. The van der Waals surface area contributed by atoms with Crippen LogP contribution in [0.3, 0.4) is 0 Å². The summed E-state index contributed by atoms with van der Waals surface area (Å²) in [6, 6.07) is 14.2. The number of pyridine rings is 1. The summed E-state index contributed by atoms with van der Waals surface area (Å²) in [5.74, 6) is 0.851. The fourth-order valence-corrected chi connectivity index (χ4v) is 2.49. The number of thioether (sulfide) groups is 1. The van der Waals surface area contributed by atoms with Gasteiger partial charge in [-0.25, -0.2) is 4.98 Å². The molecule has 1 nitrogen and oxygen atoms in total. The third-order valence-corrected chi connectivity index (χ3v) is 3.39. The van der Waals surface area contributed by atoms with Gasteiger partial charge in [-0.1, -0.05) is 35.4 Å². The highest BCUT2D eigenvalue weighted by molar-refractivity contribution is 7.98. The van der Waals surface area contributed by atoms with E-state index in [4.69, 9.17) is 11.6 Å². The van der Waals surface area contributed by atoms with Crippen molar-refractivity contribution < 1.29 is 0 Å². The minimum atomic E-state index is 0.558. The zero-order valence-electron chi connectivity index (χ0n) is 8.98. The molecule has 0 aliphatic carbocycles. The van der Waals surface area contributed by atoms with Crippen molar-refractivity contribution in [3.8, 4) is 0 Å². The number of aromatic nitrogens is 1. The van der Waals surface area contributed by atoms with Crippen LogP contribution >= 0.6 is 23.4 Å². The minimum Gasteiger partial charge on any atom is -0.240 e. The third-order valence-electron chi connectivity index (χ3n) is 2.15. The van der Waals surface area contributed by atoms with E-state index < -0.39 is 0 Å². The third kappa shape index (κ3) is 3.26. The molecular weight excluding hydrogens is 238 g/mol. The summed E-state index contributed by atoms with van der Waals surface area (Å²) >= 11 is 7.61. The maximum absolute atomic E-state index is 5.83. The Morgan fingerprint density at radius 3 is 2.75 bits per heavy atom. The summed E-state index contributed by atoms with van der Waals surface area (Å²) in [7, 11) is 0. The molecule has 0 spiro atoms. The van der Waals surface area contributed by atoms with Crippen molar-refractivity contribution in [2.24, 2.45) is 0 Å². The van der Waals surface area contributed by atoms with Gasteiger partial charge in [0.25, 0.3) is 0 Å². The molecule has 0 radical (unpaired) electrons. The molecule has 0 bridgehead atoms. The van der Waals surface area contributed by atoms with Crippen LogP contribution in [0.1, 0.15) is 11.3 Å². The van der Waals surface area contributed by atoms with Crippen molar-refractivity contribution in [2.45, 2.75) is 17.6 Å². The van der Waals surface area contributed by atoms with Crippen molar-refractivity contribution in [3.05, 3.63) is 58.9 Å². The predicted molar refractivity (Wildman–Crippen MR) is 70.0 cm³/mol. The summed E-state index contributed by atoms with van der Waals surface area (Å²) in [6.45, 7) is 2.10. The second-order valence-electron chi connectivity index (χ2n) is 3.56. The topological polar surface area (TPSA) is 12.9 Å². The van der Waals surface area contributed by atoms with E-state index in [2.05, 4.69) is 36.2 Å². The van der Waals surface area contributed by atoms with Crippen LogP contribution in [0.15, 0.2) is 47.4 Å². The highest BCUT2D eigenvalue weighted by Gasteiger charge is 1.98. The lowest BCUT2D eigenvalue weighted by Gasteiger charge is -2.02. The Morgan fingerprint density at radius 1 is 1.19 bits per heavy atom. The lowest BCUT2D eigenvalue weighted by atomic mass is 10.2. The molecule has 0 aliphatic heterocycles. The number of hydrogen-bond acceptors (Lipinski definition) is 2. The summed E-state index contributed by atoms with van der Waals surface area (Å²) in [5.41, 5.74) is 2.29. The van der Waals surface area contributed by atoms with Crippen LogP contribution in [0.5, 0.6) is 0 Å². The van der Waals surface area contributed by atoms with Crippen LogP contribution in [0.2, 0.25) is 5.15 Å². The maximum Gasteiger partial charge on any atom is 0.129 e. The van der Waals surface area contributed by atoms with Gasteiger partial charge in [-0.3, -0.25) is 0 Å². The van der Waals surface area contributed by atoms with Crippen LogP contribution in [0.4, 0.5) is 0 Å². The predicted octanol–water partition coefficient (Wildman–Crippen LogP) is 4.34. The molecule has 2 aromatic rings. The smallest absolute Gasteiger partial charge is 0.129 e. The lowest BCUT2D eigenvalue weighted by Crippen LogP contribution is -1.86. The van der Waals surface area contributed by atoms with Gasteiger partial charge in [0.15, 0.2) is 0 Å². The standard InChI is InChI=1S/C13H12ClNS/c1-10-4-2-6-12(8-10)16-9-11-5-3-7-13(14)15-11/h2-8H,9H2,1H3. The summed E-state index contributed by atoms with van der Waals surface area (Å²) < 4.78 is 0. The Labute approximate surface area is 105 Å². The number of benzene rings is 1. The van der Waals surface area contributed by atoms with Gasteiger partial charge in [0, 0.05) is 10.6 Å². The quantitative estimate of drug-likeness (QED) is 0.593. The molecule has 0 saturated heterocycles. The van der Waals surface area contributed by atoms with E-state index in [1.165, 1.54) is 10.5 Å². The molecular formula is C13H12ClNS. The van der Waals surface area contributed by atoms with E-state index in [9.17, 15) is 0 Å². The summed E-state index contributed by atoms with van der Waals surface area (Å²) in [5, 5.41) is 0.558. The highest BCUT2D eigenvalue weighted by Crippen LogP contribution is 2.23. The van der Waals surface area contributed by atoms with Crippen molar-refractivity contribution in [3.63, 3.8) is 0 Å². The molecule has 1 aromatic heterocycles. The number of halogens is 1. The molecule has 0 amide bonds. The molecule has 82 valence electrons. The van der Waals surface area contributed by atoms with E-state index in [0.29, 0.717) is 5.15 Å². The first-order valence-electron chi connectivity index (χ1n) is 5.05. The molecule has 16 heavy (non-hydrogen) atoms. The van der Waals surface area contributed by atoms with Gasteiger partial charge < -0.3 is 0 Å². The van der Waals surface area contributed by atoms with Crippen LogP contribution in [0.25, 0.3) is 0 Å². The van der Waals surface area contributed by atoms with Crippen LogP contribution < -0.4 is 0 Å². The highest BCUT2D eigenvalue weighted by atomic mass is 35.5. The van der Waals surface area contributed by atoms with Crippen molar-refractivity contribution >= 4 is 23.4 Å². The van der Waals surface area contributed by atoms with E-state index in [1.807, 2.05) is 12.1 Å². The van der Waals surface area contributed by atoms with Crippen molar-refractivity contribution in [1.82, 2.24) is 4.98 Å². The first kappa shape index (κ1) is 11.5. The number of rotatable bonds is 3. The molecule has 0 fully saturated rings. The van der Waals surface area contributed by atoms with Crippen LogP contribution in [0, 0.1) is 6.92 Å². The minimum absolute atomic E-state index is 0.558. The molecule has 0 unspecified atom stereocenters. The second kappa shape index (κ2) is 5.37. The maximum atomic E-state index is 5.83. The van der Waals surface area contributed by atoms with Crippen LogP contribution in [-0.4, -0.2) is 4.98 Å². The Balaban J connectivity index is 2.02. The van der Waals surface area contributed by atoms with Gasteiger partial charge in [-0.15, -0.1) is 11.8 Å². The summed E-state index contributed by atoms with van der Waals surface area (Å²) in [6.07, 6.45) is 0. The van der Waals surface area contributed by atoms with Crippen LogP contribution in [-0.2, 0) is 5.75 Å². The molecule has 3 heteroatoms. The van der Waals surface area contributed by atoms with Gasteiger partial charge in [0.05, 0.1) is 5.69 Å². The average Bonchev–Trinajstić information content (AvgIpc) is 2.27.